The van der Waals surface area contributed by atoms with Crippen LogP contribution in [0.2, 0.25) is 5.15 Å². The van der Waals surface area contributed by atoms with Crippen molar-refractivity contribution in [1.29, 1.82) is 0 Å². The predicted octanol–water partition coefficient (Wildman–Crippen LogP) is 1.85. The molecule has 102 valence electrons. The Kier molecular flexibility index (Phi) is 2.95. The first kappa shape index (κ1) is 13.0. The molecule has 3 aromatic rings. The van der Waals surface area contributed by atoms with Gasteiger partial charge >= 0.3 is 0 Å². The molecule has 0 spiro atoms. The Morgan fingerprint density at radius 2 is 1.75 bits per heavy atom. The van der Waals surface area contributed by atoms with Crippen LogP contribution in [0.4, 0.5) is 0 Å². The second-order valence-corrected chi connectivity index (χ2v) is 6.65. The fraction of sp³-hybridized carbons (Fsp3) is 0.0833. The Morgan fingerprint density at radius 1 is 1.05 bits per heavy atom. The van der Waals surface area contributed by atoms with Gasteiger partial charge in [0.05, 0.1) is 4.90 Å². The minimum Gasteiger partial charge on any atom is -0.224 e. The first-order valence-electron chi connectivity index (χ1n) is 5.63. The highest BCUT2D eigenvalue weighted by molar-refractivity contribution is 7.90. The molecule has 2 heterocycles. The summed E-state index contributed by atoms with van der Waals surface area (Å²) in [6, 6.07) is 9.70. The van der Waals surface area contributed by atoms with Gasteiger partial charge in [-0.05, 0) is 36.4 Å². The third-order valence-electron chi connectivity index (χ3n) is 2.77. The van der Waals surface area contributed by atoms with Crippen LogP contribution in [0.25, 0.3) is 17.0 Å². The first-order valence-corrected chi connectivity index (χ1v) is 7.90. The summed E-state index contributed by atoms with van der Waals surface area (Å²) in [5, 5.41) is 12.5. The van der Waals surface area contributed by atoms with Crippen molar-refractivity contribution >= 4 is 27.1 Å². The van der Waals surface area contributed by atoms with Crippen LogP contribution in [-0.4, -0.2) is 34.5 Å². The van der Waals surface area contributed by atoms with Gasteiger partial charge in [-0.25, -0.2) is 8.42 Å². The maximum atomic E-state index is 11.4. The average molecular weight is 309 g/mol. The Hall–Kier alpha value is -1.99. The molecule has 8 heteroatoms. The third-order valence-corrected chi connectivity index (χ3v) is 4.10. The topological polar surface area (TPSA) is 77.2 Å². The fourth-order valence-corrected chi connectivity index (χ4v) is 2.57. The maximum Gasteiger partial charge on any atom is 0.185 e. The van der Waals surface area contributed by atoms with Gasteiger partial charge in [-0.3, -0.25) is 0 Å². The van der Waals surface area contributed by atoms with Crippen molar-refractivity contribution in [2.75, 3.05) is 6.26 Å². The van der Waals surface area contributed by atoms with Gasteiger partial charge in [0.2, 0.25) is 0 Å². The second kappa shape index (κ2) is 4.53. The first-order chi connectivity index (χ1) is 9.45. The van der Waals surface area contributed by atoms with Crippen molar-refractivity contribution in [3.63, 3.8) is 0 Å². The van der Waals surface area contributed by atoms with E-state index < -0.39 is 9.84 Å². The molecule has 0 saturated heterocycles. The van der Waals surface area contributed by atoms with Gasteiger partial charge < -0.3 is 0 Å². The molecule has 0 bridgehead atoms. The van der Waals surface area contributed by atoms with Crippen LogP contribution in [0.3, 0.4) is 0 Å². The van der Waals surface area contributed by atoms with Crippen LogP contribution in [-0.2, 0) is 9.84 Å². The van der Waals surface area contributed by atoms with Crippen molar-refractivity contribution < 1.29 is 8.42 Å². The van der Waals surface area contributed by atoms with Crippen molar-refractivity contribution in [3.8, 4) is 11.4 Å². The molecular formula is C12H9ClN4O2S. The molecule has 0 saturated carbocycles. The second-order valence-electron chi connectivity index (χ2n) is 4.25. The SMILES string of the molecule is CS(=O)(=O)c1ccc(-c2nnc3ccc(Cl)nn23)cc1. The monoisotopic (exact) mass is 308 g/mol. The highest BCUT2D eigenvalue weighted by Gasteiger charge is 2.11. The number of aromatic nitrogens is 4. The fourth-order valence-electron chi connectivity index (χ4n) is 1.80. The number of hydrogen-bond acceptors (Lipinski definition) is 5. The summed E-state index contributed by atoms with van der Waals surface area (Å²) in [4.78, 5) is 0.251. The van der Waals surface area contributed by atoms with Gasteiger partial charge in [-0.1, -0.05) is 11.6 Å². The molecule has 0 radical (unpaired) electrons. The van der Waals surface area contributed by atoms with Gasteiger partial charge in [0, 0.05) is 11.8 Å². The summed E-state index contributed by atoms with van der Waals surface area (Å²) in [6.07, 6.45) is 1.16. The number of hydrogen-bond donors (Lipinski definition) is 0. The Bertz CT molecular complexity index is 887. The number of halogens is 1. The number of sulfone groups is 1. The normalized spacial score (nSPS) is 11.9. The van der Waals surface area contributed by atoms with Gasteiger partial charge in [-0.2, -0.15) is 9.61 Å². The highest BCUT2D eigenvalue weighted by atomic mass is 35.5. The number of fused-ring (bicyclic) bond motifs is 1. The van der Waals surface area contributed by atoms with E-state index in [0.717, 1.165) is 6.26 Å². The Balaban J connectivity index is 2.14. The summed E-state index contributed by atoms with van der Waals surface area (Å²) >= 11 is 5.85. The minimum atomic E-state index is -3.22. The Labute approximate surface area is 119 Å². The quantitative estimate of drug-likeness (QED) is 0.722. The van der Waals surface area contributed by atoms with Gasteiger partial charge in [0.25, 0.3) is 0 Å². The standard InChI is InChI=1S/C12H9ClN4O2S/c1-20(18,19)9-4-2-8(3-5-9)12-15-14-11-7-6-10(13)16-17(11)12/h2-7H,1H3. The van der Waals surface area contributed by atoms with Crippen LogP contribution in [0.15, 0.2) is 41.3 Å². The van der Waals surface area contributed by atoms with Crippen molar-refractivity contribution in [1.82, 2.24) is 19.8 Å². The highest BCUT2D eigenvalue weighted by Crippen LogP contribution is 2.20. The molecule has 0 atom stereocenters. The molecule has 0 amide bonds. The van der Waals surface area contributed by atoms with E-state index >= 15 is 0 Å². The zero-order valence-electron chi connectivity index (χ0n) is 10.4. The molecule has 0 fully saturated rings. The minimum absolute atomic E-state index is 0.251. The molecule has 6 nitrogen and oxygen atoms in total. The number of rotatable bonds is 2. The lowest BCUT2D eigenvalue weighted by molar-refractivity contribution is 0.602. The molecule has 20 heavy (non-hydrogen) atoms. The molecule has 0 aliphatic heterocycles. The summed E-state index contributed by atoms with van der Waals surface area (Å²) in [7, 11) is -3.22. The smallest absolute Gasteiger partial charge is 0.185 e. The molecule has 0 aliphatic rings. The molecule has 0 N–H and O–H groups in total. The molecule has 3 rings (SSSR count). The van der Waals surface area contributed by atoms with Gasteiger partial charge in [-0.15, -0.1) is 10.2 Å². The van der Waals surface area contributed by atoms with E-state index in [2.05, 4.69) is 15.3 Å². The average Bonchev–Trinajstić information content (AvgIpc) is 2.81. The summed E-state index contributed by atoms with van der Waals surface area (Å²) in [5.41, 5.74) is 1.27. The zero-order chi connectivity index (χ0) is 14.3. The van der Waals surface area contributed by atoms with Crippen LogP contribution < -0.4 is 0 Å². The Morgan fingerprint density at radius 3 is 2.40 bits per heavy atom. The predicted molar refractivity (Wildman–Crippen MR) is 74.3 cm³/mol. The van der Waals surface area contributed by atoms with E-state index in [9.17, 15) is 8.42 Å². The van der Waals surface area contributed by atoms with Crippen LogP contribution in [0.1, 0.15) is 0 Å². The van der Waals surface area contributed by atoms with E-state index in [0.29, 0.717) is 22.2 Å². The largest absolute Gasteiger partial charge is 0.224 e. The van der Waals surface area contributed by atoms with E-state index in [1.54, 1.807) is 24.3 Å². The molecule has 0 aliphatic carbocycles. The molecule has 0 unspecified atom stereocenters. The molecule has 2 aromatic heterocycles. The lowest BCUT2D eigenvalue weighted by Gasteiger charge is -2.01. The lowest BCUT2D eigenvalue weighted by Crippen LogP contribution is -1.98. The van der Waals surface area contributed by atoms with Crippen molar-refractivity contribution in [2.24, 2.45) is 0 Å². The van der Waals surface area contributed by atoms with E-state index in [4.69, 9.17) is 11.6 Å². The van der Waals surface area contributed by atoms with Crippen LogP contribution in [0.5, 0.6) is 0 Å². The van der Waals surface area contributed by atoms with E-state index in [1.165, 1.54) is 16.6 Å². The third kappa shape index (κ3) is 2.25. The number of nitrogens with zero attached hydrogens (tertiary/aromatic N) is 4. The van der Waals surface area contributed by atoms with Crippen molar-refractivity contribution in [3.05, 3.63) is 41.6 Å². The van der Waals surface area contributed by atoms with Crippen LogP contribution >= 0.6 is 11.6 Å². The molecular weight excluding hydrogens is 300 g/mol. The van der Waals surface area contributed by atoms with Gasteiger partial charge in [0.15, 0.2) is 21.3 Å². The number of benzene rings is 1. The van der Waals surface area contributed by atoms with Crippen LogP contribution in [0, 0.1) is 0 Å². The maximum absolute atomic E-state index is 11.4. The van der Waals surface area contributed by atoms with E-state index in [-0.39, 0.29) is 4.90 Å². The summed E-state index contributed by atoms with van der Waals surface area (Å²) in [5.74, 6) is 0.502. The summed E-state index contributed by atoms with van der Waals surface area (Å²) < 4.78 is 24.4. The van der Waals surface area contributed by atoms with Gasteiger partial charge in [0.1, 0.15) is 5.15 Å². The van der Waals surface area contributed by atoms with Crippen molar-refractivity contribution in [2.45, 2.75) is 4.90 Å². The zero-order valence-corrected chi connectivity index (χ0v) is 11.9. The lowest BCUT2D eigenvalue weighted by atomic mass is 10.2. The van der Waals surface area contributed by atoms with E-state index in [1.807, 2.05) is 0 Å². The molecule has 1 aromatic carbocycles. The summed E-state index contributed by atoms with van der Waals surface area (Å²) in [6.45, 7) is 0.